The summed E-state index contributed by atoms with van der Waals surface area (Å²) in [7, 11) is 0. The van der Waals surface area contributed by atoms with E-state index in [2.05, 4.69) is 22.0 Å². The molecule has 4 aliphatic rings. The molecule has 46 heavy (non-hydrogen) atoms. The first-order valence-electron chi connectivity index (χ1n) is 15.8. The standard InChI is InChI=1S/C35H40N6O4S/c1-21-18-25(45-24-8-6-5-7-9-24)10-11-26(21)41-27-12-15-37-32-28(27)29(39-34(41)44)30(46-32)31(42)38-23-13-16-40(17-14-23)33(43)22(20-36)19-35(2,3)4/h5-11,18-19,23,27-28,32,37H,12-17H2,1-4H3,(H,38,42)(H,39,44)/b22-19+. The predicted octanol–water partition coefficient (Wildman–Crippen LogP) is 5.18. The lowest BCUT2D eigenvalue weighted by Gasteiger charge is -2.46. The number of amides is 4. The number of urea groups is 1. The van der Waals surface area contributed by atoms with Gasteiger partial charge in [-0.05, 0) is 74.0 Å². The van der Waals surface area contributed by atoms with Gasteiger partial charge in [-0.2, -0.15) is 5.26 Å². The number of anilines is 1. The number of hydrogen-bond donors (Lipinski definition) is 3. The topological polar surface area (TPSA) is 127 Å². The van der Waals surface area contributed by atoms with Gasteiger partial charge in [0.05, 0.1) is 16.3 Å². The zero-order chi connectivity index (χ0) is 32.6. The maximum atomic E-state index is 13.7. The predicted molar refractivity (Wildman–Crippen MR) is 178 cm³/mol. The number of aryl methyl sites for hydroxylation is 1. The van der Waals surface area contributed by atoms with Gasteiger partial charge in [0.1, 0.15) is 23.1 Å². The van der Waals surface area contributed by atoms with Crippen LogP contribution in [0.15, 0.2) is 70.8 Å². The van der Waals surface area contributed by atoms with Crippen molar-refractivity contribution < 1.29 is 19.1 Å². The number of nitriles is 1. The first kappa shape index (κ1) is 31.7. The average Bonchev–Trinajstić information content (AvgIpc) is 3.40. The van der Waals surface area contributed by atoms with Crippen molar-refractivity contribution in [2.75, 3.05) is 24.5 Å². The van der Waals surface area contributed by atoms with Gasteiger partial charge in [-0.1, -0.05) is 56.8 Å². The van der Waals surface area contributed by atoms with E-state index >= 15 is 0 Å². The van der Waals surface area contributed by atoms with E-state index < -0.39 is 0 Å². The monoisotopic (exact) mass is 640 g/mol. The lowest BCUT2D eigenvalue weighted by atomic mass is 9.86. The molecule has 10 nitrogen and oxygen atoms in total. The van der Waals surface area contributed by atoms with E-state index in [4.69, 9.17) is 4.74 Å². The van der Waals surface area contributed by atoms with Crippen LogP contribution in [0.5, 0.6) is 11.5 Å². The van der Waals surface area contributed by atoms with Crippen molar-refractivity contribution in [1.29, 1.82) is 5.26 Å². The number of carbonyl (C=O) groups excluding carboxylic acids is 3. The van der Waals surface area contributed by atoms with Gasteiger partial charge >= 0.3 is 6.03 Å². The Morgan fingerprint density at radius 2 is 1.83 bits per heavy atom. The fraction of sp³-hybridized carbons (Fsp3) is 0.429. The van der Waals surface area contributed by atoms with Crippen LogP contribution in [-0.2, 0) is 9.59 Å². The van der Waals surface area contributed by atoms with Crippen molar-refractivity contribution in [2.45, 2.75) is 64.4 Å². The van der Waals surface area contributed by atoms with Gasteiger partial charge in [-0.3, -0.25) is 14.5 Å². The van der Waals surface area contributed by atoms with Crippen LogP contribution in [0, 0.1) is 29.6 Å². The molecule has 4 aliphatic heterocycles. The van der Waals surface area contributed by atoms with Crippen molar-refractivity contribution in [3.63, 3.8) is 0 Å². The van der Waals surface area contributed by atoms with Crippen molar-refractivity contribution in [1.82, 2.24) is 20.9 Å². The first-order valence-corrected chi connectivity index (χ1v) is 16.7. The Morgan fingerprint density at radius 1 is 1.09 bits per heavy atom. The van der Waals surface area contributed by atoms with Crippen LogP contribution in [0.25, 0.3) is 0 Å². The van der Waals surface area contributed by atoms with Crippen LogP contribution in [0.1, 0.15) is 45.6 Å². The number of nitrogens with zero attached hydrogens (tertiary/aromatic N) is 3. The van der Waals surface area contributed by atoms with Crippen molar-refractivity contribution in [3.8, 4) is 17.6 Å². The molecule has 3 atom stereocenters. The van der Waals surface area contributed by atoms with Gasteiger partial charge in [-0.25, -0.2) is 4.79 Å². The van der Waals surface area contributed by atoms with Crippen LogP contribution in [0.4, 0.5) is 10.5 Å². The Balaban J connectivity index is 1.14. The minimum Gasteiger partial charge on any atom is -0.457 e. The maximum Gasteiger partial charge on any atom is 0.326 e. The van der Waals surface area contributed by atoms with Crippen molar-refractivity contribution in [2.24, 2.45) is 11.3 Å². The second-order valence-corrected chi connectivity index (χ2v) is 14.5. The zero-order valence-corrected chi connectivity index (χ0v) is 27.4. The molecule has 3 unspecified atom stereocenters. The smallest absolute Gasteiger partial charge is 0.326 e. The fourth-order valence-corrected chi connectivity index (χ4v) is 8.11. The van der Waals surface area contributed by atoms with Crippen LogP contribution in [-0.4, -0.2) is 59.8 Å². The van der Waals surface area contributed by atoms with Crippen molar-refractivity contribution >= 4 is 35.3 Å². The molecule has 6 rings (SSSR count). The third-order valence-electron chi connectivity index (χ3n) is 8.80. The SMILES string of the molecule is Cc1cc(Oc2ccccc2)ccc1N1C(=O)NC2=C(C(=O)NC3CCN(C(=O)/C(C#N)=C/C(C)(C)C)CC3)SC3NCCC1C23. The largest absolute Gasteiger partial charge is 0.457 e. The number of thioether (sulfide) groups is 1. The Labute approximate surface area is 274 Å². The van der Waals surface area contributed by atoms with E-state index in [1.165, 1.54) is 11.8 Å². The van der Waals surface area contributed by atoms with E-state index in [9.17, 15) is 19.6 Å². The number of ether oxygens (including phenoxy) is 1. The van der Waals surface area contributed by atoms with Crippen LogP contribution in [0.3, 0.4) is 0 Å². The van der Waals surface area contributed by atoms with Gasteiger partial charge in [0, 0.05) is 36.4 Å². The quantitative estimate of drug-likeness (QED) is 0.293. The molecule has 0 aromatic heterocycles. The number of piperidine rings is 2. The molecule has 4 amide bonds. The number of hydrogen-bond acceptors (Lipinski definition) is 7. The lowest BCUT2D eigenvalue weighted by molar-refractivity contribution is -0.128. The van der Waals surface area contributed by atoms with Crippen LogP contribution >= 0.6 is 11.8 Å². The highest BCUT2D eigenvalue weighted by atomic mass is 32.2. The first-order chi connectivity index (χ1) is 22.0. The van der Waals surface area contributed by atoms with E-state index in [-0.39, 0.29) is 52.2 Å². The lowest BCUT2D eigenvalue weighted by Crippen LogP contribution is -2.62. The third-order valence-corrected chi connectivity index (χ3v) is 10.2. The molecule has 11 heteroatoms. The summed E-state index contributed by atoms with van der Waals surface area (Å²) in [6.45, 7) is 9.50. The number of allylic oxidation sites excluding steroid dienone is 1. The number of benzene rings is 2. The van der Waals surface area contributed by atoms with Gasteiger partial charge in [-0.15, -0.1) is 0 Å². The Morgan fingerprint density at radius 3 is 2.50 bits per heavy atom. The molecule has 4 heterocycles. The molecule has 3 saturated heterocycles. The van der Waals surface area contributed by atoms with E-state index in [0.29, 0.717) is 42.3 Å². The van der Waals surface area contributed by atoms with Gasteiger partial charge in [0.15, 0.2) is 0 Å². The summed E-state index contributed by atoms with van der Waals surface area (Å²) in [6.07, 6.45) is 3.66. The molecular formula is C35H40N6O4S. The zero-order valence-electron chi connectivity index (χ0n) is 26.6. The highest BCUT2D eigenvalue weighted by molar-refractivity contribution is 8.04. The fourth-order valence-electron chi connectivity index (χ4n) is 6.71. The van der Waals surface area contributed by atoms with Crippen LogP contribution in [0.2, 0.25) is 0 Å². The summed E-state index contributed by atoms with van der Waals surface area (Å²) >= 11 is 1.48. The van der Waals surface area contributed by atoms with Gasteiger partial charge in [0.2, 0.25) is 0 Å². The minimum absolute atomic E-state index is 0.0305. The normalized spacial score (nSPS) is 23.4. The third kappa shape index (κ3) is 6.50. The Kier molecular flexibility index (Phi) is 8.86. The summed E-state index contributed by atoms with van der Waals surface area (Å²) in [5.41, 5.74) is 2.31. The van der Waals surface area contributed by atoms with Crippen LogP contribution < -0.4 is 25.6 Å². The highest BCUT2D eigenvalue weighted by Crippen LogP contribution is 2.48. The number of nitrogens with one attached hydrogen (secondary N) is 3. The second kappa shape index (κ2) is 12.9. The number of para-hydroxylation sites is 1. The molecule has 0 aliphatic carbocycles. The molecule has 0 spiro atoms. The Hall–Kier alpha value is -4.27. The summed E-state index contributed by atoms with van der Waals surface area (Å²) in [5.74, 6) is 0.928. The highest BCUT2D eigenvalue weighted by Gasteiger charge is 2.52. The summed E-state index contributed by atoms with van der Waals surface area (Å²) < 4.78 is 6.01. The van der Waals surface area contributed by atoms with Crippen molar-refractivity contribution in [3.05, 3.63) is 76.3 Å². The molecular weight excluding hydrogens is 600 g/mol. The average molecular weight is 641 g/mol. The number of likely N-dealkylation sites (tertiary alicyclic amines) is 1. The molecule has 240 valence electrons. The molecule has 0 saturated carbocycles. The maximum absolute atomic E-state index is 13.7. The summed E-state index contributed by atoms with van der Waals surface area (Å²) in [6, 6.07) is 17.0. The summed E-state index contributed by atoms with van der Waals surface area (Å²) in [5, 5.41) is 19.3. The Bertz CT molecular complexity index is 1630. The van der Waals surface area contributed by atoms with Gasteiger partial charge in [0.25, 0.3) is 11.8 Å². The molecule has 0 bridgehead atoms. The molecule has 3 N–H and O–H groups in total. The van der Waals surface area contributed by atoms with E-state index in [0.717, 1.165) is 30.0 Å². The molecule has 2 aromatic carbocycles. The molecule has 2 aromatic rings. The number of rotatable bonds is 6. The summed E-state index contributed by atoms with van der Waals surface area (Å²) in [4.78, 5) is 44.4. The van der Waals surface area contributed by atoms with E-state index in [1.807, 2.05) is 81.1 Å². The van der Waals surface area contributed by atoms with E-state index in [1.54, 1.807) is 11.0 Å². The number of carbonyl (C=O) groups is 3. The van der Waals surface area contributed by atoms with Gasteiger partial charge < -0.3 is 25.6 Å². The molecule has 3 fully saturated rings. The minimum atomic E-state index is -0.279. The second-order valence-electron chi connectivity index (χ2n) is 13.4. The molecule has 0 radical (unpaired) electrons.